The monoisotopic (exact) mass is 381 g/mol. The Labute approximate surface area is 161 Å². The minimum Gasteiger partial charge on any atom is -0.493 e. The number of rotatable bonds is 5. The van der Waals surface area contributed by atoms with E-state index in [9.17, 15) is 9.59 Å². The van der Waals surface area contributed by atoms with Crippen LogP contribution in [-0.4, -0.2) is 60.4 Å². The largest absolute Gasteiger partial charge is 0.493 e. The molecular formula is C19H28ClN3O3. The fourth-order valence-corrected chi connectivity index (χ4v) is 3.55. The summed E-state index contributed by atoms with van der Waals surface area (Å²) in [5, 5.41) is 0. The number of hydrogen-bond donors (Lipinski definition) is 1. The SMILES string of the molecule is Cl.N[C@@H]1CCN(C(=O)C2CCN(C(=O)CCOc3ccccc3)CC2)C1. The Balaban J connectivity index is 0.00000243. The summed E-state index contributed by atoms with van der Waals surface area (Å²) >= 11 is 0. The van der Waals surface area contributed by atoms with Gasteiger partial charge in [-0.1, -0.05) is 18.2 Å². The molecule has 1 aromatic rings. The number of carbonyl (C=O) groups is 2. The van der Waals surface area contributed by atoms with Gasteiger partial charge in [-0.3, -0.25) is 9.59 Å². The number of piperidine rings is 1. The summed E-state index contributed by atoms with van der Waals surface area (Å²) in [5.41, 5.74) is 5.88. The van der Waals surface area contributed by atoms with Gasteiger partial charge in [0.25, 0.3) is 0 Å². The molecule has 0 bridgehead atoms. The third-order valence-corrected chi connectivity index (χ3v) is 5.06. The third kappa shape index (κ3) is 5.35. The molecule has 0 unspecified atom stereocenters. The van der Waals surface area contributed by atoms with E-state index in [1.54, 1.807) is 0 Å². The van der Waals surface area contributed by atoms with Gasteiger partial charge in [0.05, 0.1) is 13.0 Å². The maximum absolute atomic E-state index is 12.5. The van der Waals surface area contributed by atoms with Crippen molar-refractivity contribution in [1.29, 1.82) is 0 Å². The first-order valence-corrected chi connectivity index (χ1v) is 9.13. The first-order chi connectivity index (χ1) is 12.1. The molecule has 2 N–H and O–H groups in total. The molecule has 6 nitrogen and oxygen atoms in total. The molecular weight excluding hydrogens is 354 g/mol. The van der Waals surface area contributed by atoms with Crippen LogP contribution in [0.1, 0.15) is 25.7 Å². The summed E-state index contributed by atoms with van der Waals surface area (Å²) < 4.78 is 5.58. The van der Waals surface area contributed by atoms with Crippen molar-refractivity contribution in [1.82, 2.24) is 9.80 Å². The van der Waals surface area contributed by atoms with E-state index in [4.69, 9.17) is 10.5 Å². The number of amides is 2. The smallest absolute Gasteiger partial charge is 0.225 e. The van der Waals surface area contributed by atoms with Crippen molar-refractivity contribution in [2.75, 3.05) is 32.8 Å². The summed E-state index contributed by atoms with van der Waals surface area (Å²) in [6.07, 6.45) is 2.75. The minimum absolute atomic E-state index is 0. The minimum atomic E-state index is 0. The predicted octanol–water partition coefficient (Wildman–Crippen LogP) is 1.68. The highest BCUT2D eigenvalue weighted by Crippen LogP contribution is 2.22. The van der Waals surface area contributed by atoms with Gasteiger partial charge in [-0.25, -0.2) is 0 Å². The Bertz CT molecular complexity index is 591. The Kier molecular flexibility index (Phi) is 7.72. The van der Waals surface area contributed by atoms with Gasteiger partial charge < -0.3 is 20.3 Å². The zero-order valence-corrected chi connectivity index (χ0v) is 15.8. The lowest BCUT2D eigenvalue weighted by Gasteiger charge is -2.33. The van der Waals surface area contributed by atoms with Crippen LogP contribution in [0.15, 0.2) is 30.3 Å². The van der Waals surface area contributed by atoms with Gasteiger partial charge in [-0.15, -0.1) is 12.4 Å². The van der Waals surface area contributed by atoms with Gasteiger partial charge in [-0.05, 0) is 31.4 Å². The molecule has 2 aliphatic rings. The van der Waals surface area contributed by atoms with Crippen molar-refractivity contribution in [3.05, 3.63) is 30.3 Å². The van der Waals surface area contributed by atoms with Gasteiger partial charge in [0.15, 0.2) is 0 Å². The number of nitrogens with zero attached hydrogens (tertiary/aromatic N) is 2. The number of carbonyl (C=O) groups excluding carboxylic acids is 2. The summed E-state index contributed by atoms with van der Waals surface area (Å²) in [5.74, 6) is 1.14. The molecule has 3 rings (SSSR count). The Morgan fingerprint density at radius 3 is 2.31 bits per heavy atom. The van der Waals surface area contributed by atoms with E-state index in [0.717, 1.165) is 31.6 Å². The quantitative estimate of drug-likeness (QED) is 0.841. The van der Waals surface area contributed by atoms with E-state index in [1.807, 2.05) is 40.1 Å². The van der Waals surface area contributed by atoms with Crippen LogP contribution in [0.3, 0.4) is 0 Å². The molecule has 144 valence electrons. The maximum atomic E-state index is 12.5. The van der Waals surface area contributed by atoms with E-state index >= 15 is 0 Å². The second kappa shape index (κ2) is 9.78. The topological polar surface area (TPSA) is 75.9 Å². The molecule has 0 spiro atoms. The second-order valence-corrected chi connectivity index (χ2v) is 6.90. The zero-order chi connectivity index (χ0) is 17.6. The summed E-state index contributed by atoms with van der Waals surface area (Å²) in [7, 11) is 0. The van der Waals surface area contributed by atoms with Gasteiger partial charge >= 0.3 is 0 Å². The number of likely N-dealkylation sites (tertiary alicyclic amines) is 2. The number of para-hydroxylation sites is 1. The van der Waals surface area contributed by atoms with Gasteiger partial charge in [0.2, 0.25) is 11.8 Å². The zero-order valence-electron chi connectivity index (χ0n) is 15.0. The van der Waals surface area contributed by atoms with E-state index in [0.29, 0.717) is 32.7 Å². The summed E-state index contributed by atoms with van der Waals surface area (Å²) in [6, 6.07) is 9.63. The Hall–Kier alpha value is -1.79. The Morgan fingerprint density at radius 2 is 1.69 bits per heavy atom. The first-order valence-electron chi connectivity index (χ1n) is 9.13. The van der Waals surface area contributed by atoms with Crippen molar-refractivity contribution in [2.45, 2.75) is 31.7 Å². The fraction of sp³-hybridized carbons (Fsp3) is 0.579. The molecule has 2 aliphatic heterocycles. The van der Waals surface area contributed by atoms with Crippen molar-refractivity contribution >= 4 is 24.2 Å². The second-order valence-electron chi connectivity index (χ2n) is 6.90. The highest BCUT2D eigenvalue weighted by Gasteiger charge is 2.32. The average Bonchev–Trinajstić information content (AvgIpc) is 3.08. The van der Waals surface area contributed by atoms with Crippen LogP contribution < -0.4 is 10.5 Å². The van der Waals surface area contributed by atoms with E-state index < -0.39 is 0 Å². The molecule has 7 heteroatoms. The first kappa shape index (κ1) is 20.5. The standard InChI is InChI=1S/C19H27N3O3.ClH/c20-16-8-12-22(14-16)19(24)15-6-10-21(11-7-15)18(23)9-13-25-17-4-2-1-3-5-17;/h1-5,15-16H,6-14,20H2;1H/t16-;/m1./s1. The van der Waals surface area contributed by atoms with Crippen LogP contribution in [0, 0.1) is 5.92 Å². The van der Waals surface area contributed by atoms with Crippen molar-refractivity contribution in [3.8, 4) is 5.75 Å². The molecule has 2 amide bonds. The van der Waals surface area contributed by atoms with E-state index in [1.165, 1.54) is 0 Å². The summed E-state index contributed by atoms with van der Waals surface area (Å²) in [6.45, 7) is 3.14. The molecule has 2 saturated heterocycles. The molecule has 2 fully saturated rings. The summed E-state index contributed by atoms with van der Waals surface area (Å²) in [4.78, 5) is 28.5. The number of benzene rings is 1. The molecule has 0 aliphatic carbocycles. The van der Waals surface area contributed by atoms with Crippen LogP contribution in [0.4, 0.5) is 0 Å². The number of hydrogen-bond acceptors (Lipinski definition) is 4. The lowest BCUT2D eigenvalue weighted by atomic mass is 9.95. The number of ether oxygens (including phenoxy) is 1. The van der Waals surface area contributed by atoms with Gasteiger partial charge in [0.1, 0.15) is 5.75 Å². The molecule has 2 heterocycles. The van der Waals surface area contributed by atoms with Crippen molar-refractivity contribution in [3.63, 3.8) is 0 Å². The van der Waals surface area contributed by atoms with Crippen LogP contribution >= 0.6 is 12.4 Å². The normalized spacial score (nSPS) is 20.6. The predicted molar refractivity (Wildman–Crippen MR) is 102 cm³/mol. The highest BCUT2D eigenvalue weighted by molar-refractivity contribution is 5.85. The van der Waals surface area contributed by atoms with Crippen LogP contribution in [0.25, 0.3) is 0 Å². The third-order valence-electron chi connectivity index (χ3n) is 5.06. The molecule has 1 atom stereocenters. The van der Waals surface area contributed by atoms with Crippen LogP contribution in [-0.2, 0) is 9.59 Å². The lowest BCUT2D eigenvalue weighted by molar-refractivity contribution is -0.140. The fourth-order valence-electron chi connectivity index (χ4n) is 3.55. The van der Waals surface area contributed by atoms with E-state index in [2.05, 4.69) is 0 Å². The highest BCUT2D eigenvalue weighted by atomic mass is 35.5. The van der Waals surface area contributed by atoms with Crippen molar-refractivity contribution in [2.24, 2.45) is 11.7 Å². The van der Waals surface area contributed by atoms with Crippen LogP contribution in [0.2, 0.25) is 0 Å². The van der Waals surface area contributed by atoms with E-state index in [-0.39, 0.29) is 36.2 Å². The molecule has 0 aromatic heterocycles. The average molecular weight is 382 g/mol. The molecule has 26 heavy (non-hydrogen) atoms. The van der Waals surface area contributed by atoms with Gasteiger partial charge in [-0.2, -0.15) is 0 Å². The van der Waals surface area contributed by atoms with Crippen LogP contribution in [0.5, 0.6) is 5.75 Å². The molecule has 1 aromatic carbocycles. The molecule has 0 saturated carbocycles. The number of halogens is 1. The number of nitrogens with two attached hydrogens (primary N) is 1. The Morgan fingerprint density at radius 1 is 1.04 bits per heavy atom. The van der Waals surface area contributed by atoms with Gasteiger partial charge in [0, 0.05) is 38.1 Å². The van der Waals surface area contributed by atoms with Crippen molar-refractivity contribution < 1.29 is 14.3 Å². The molecule has 0 radical (unpaired) electrons. The lowest BCUT2D eigenvalue weighted by Crippen LogP contribution is -2.44. The maximum Gasteiger partial charge on any atom is 0.225 e.